The van der Waals surface area contributed by atoms with Gasteiger partial charge in [-0.3, -0.25) is 9.69 Å². The number of amides is 1. The molecule has 0 aliphatic heterocycles. The molecular formula is C20H25ClN2O3. The average molecular weight is 377 g/mol. The van der Waals surface area contributed by atoms with Gasteiger partial charge in [0.15, 0.2) is 11.5 Å². The fourth-order valence-electron chi connectivity index (χ4n) is 2.63. The van der Waals surface area contributed by atoms with E-state index in [0.29, 0.717) is 35.4 Å². The highest BCUT2D eigenvalue weighted by atomic mass is 35.5. The SMILES string of the molecule is COc1ccccc1OCCN(C)CC(=O)Nc1c(C)cc(C)cc1Cl. The van der Waals surface area contributed by atoms with E-state index in [2.05, 4.69) is 5.32 Å². The second-order valence-electron chi connectivity index (χ2n) is 6.22. The third-order valence-corrected chi connectivity index (χ3v) is 4.21. The van der Waals surface area contributed by atoms with Crippen LogP contribution in [-0.4, -0.2) is 44.7 Å². The molecule has 0 atom stereocenters. The Morgan fingerprint density at radius 3 is 2.54 bits per heavy atom. The van der Waals surface area contributed by atoms with Crippen molar-refractivity contribution in [2.45, 2.75) is 13.8 Å². The van der Waals surface area contributed by atoms with Gasteiger partial charge in [0.05, 0.1) is 24.4 Å². The predicted octanol–water partition coefficient (Wildman–Crippen LogP) is 3.91. The number of methoxy groups -OCH3 is 1. The Balaban J connectivity index is 1.82. The number of aryl methyl sites for hydroxylation is 2. The van der Waals surface area contributed by atoms with Crippen LogP contribution in [0.25, 0.3) is 0 Å². The summed E-state index contributed by atoms with van der Waals surface area (Å²) in [5.41, 5.74) is 2.68. The van der Waals surface area contributed by atoms with Crippen LogP contribution in [-0.2, 0) is 4.79 Å². The molecule has 1 amide bonds. The first-order valence-corrected chi connectivity index (χ1v) is 8.79. The lowest BCUT2D eigenvalue weighted by Gasteiger charge is -2.18. The highest BCUT2D eigenvalue weighted by Gasteiger charge is 2.12. The molecule has 0 radical (unpaired) electrons. The number of benzene rings is 2. The molecular weight excluding hydrogens is 352 g/mol. The minimum absolute atomic E-state index is 0.112. The Labute approximate surface area is 159 Å². The fraction of sp³-hybridized carbons (Fsp3) is 0.350. The summed E-state index contributed by atoms with van der Waals surface area (Å²) in [6, 6.07) is 11.3. The molecule has 0 saturated heterocycles. The maximum absolute atomic E-state index is 12.3. The minimum atomic E-state index is -0.112. The van der Waals surface area contributed by atoms with Crippen LogP contribution in [0.2, 0.25) is 5.02 Å². The molecule has 26 heavy (non-hydrogen) atoms. The molecule has 0 aliphatic carbocycles. The Bertz CT molecular complexity index is 741. The second-order valence-corrected chi connectivity index (χ2v) is 6.63. The molecule has 0 heterocycles. The van der Waals surface area contributed by atoms with Crippen molar-refractivity contribution in [3.63, 3.8) is 0 Å². The minimum Gasteiger partial charge on any atom is -0.493 e. The van der Waals surface area contributed by atoms with Gasteiger partial charge in [-0.2, -0.15) is 0 Å². The molecule has 140 valence electrons. The summed E-state index contributed by atoms with van der Waals surface area (Å²) >= 11 is 6.24. The molecule has 0 fully saturated rings. The Morgan fingerprint density at radius 1 is 1.19 bits per heavy atom. The molecule has 0 aromatic heterocycles. The van der Waals surface area contributed by atoms with Crippen LogP contribution in [0.1, 0.15) is 11.1 Å². The van der Waals surface area contributed by atoms with Crippen molar-refractivity contribution < 1.29 is 14.3 Å². The number of halogens is 1. The molecule has 2 aromatic carbocycles. The largest absolute Gasteiger partial charge is 0.493 e. The second kappa shape index (κ2) is 9.46. The number of hydrogen-bond acceptors (Lipinski definition) is 4. The highest BCUT2D eigenvalue weighted by Crippen LogP contribution is 2.27. The number of nitrogens with zero attached hydrogens (tertiary/aromatic N) is 1. The lowest BCUT2D eigenvalue weighted by atomic mass is 10.1. The van der Waals surface area contributed by atoms with Crippen LogP contribution in [0.5, 0.6) is 11.5 Å². The molecule has 0 bridgehead atoms. The van der Waals surface area contributed by atoms with E-state index in [9.17, 15) is 4.79 Å². The molecule has 6 heteroatoms. The maximum atomic E-state index is 12.3. The van der Waals surface area contributed by atoms with Gasteiger partial charge in [0.2, 0.25) is 5.91 Å². The molecule has 5 nitrogen and oxygen atoms in total. The van der Waals surface area contributed by atoms with E-state index in [1.54, 1.807) is 7.11 Å². The number of likely N-dealkylation sites (N-methyl/N-ethyl adjacent to an activating group) is 1. The Hall–Kier alpha value is -2.24. The fourth-order valence-corrected chi connectivity index (χ4v) is 3.00. The highest BCUT2D eigenvalue weighted by molar-refractivity contribution is 6.34. The van der Waals surface area contributed by atoms with Crippen LogP contribution in [0, 0.1) is 13.8 Å². The van der Waals surface area contributed by atoms with Gasteiger partial charge in [0, 0.05) is 6.54 Å². The zero-order chi connectivity index (χ0) is 19.1. The number of nitrogens with one attached hydrogen (secondary N) is 1. The molecule has 1 N–H and O–H groups in total. The number of carbonyl (C=O) groups is 1. The Morgan fingerprint density at radius 2 is 1.88 bits per heavy atom. The predicted molar refractivity (Wildman–Crippen MR) is 106 cm³/mol. The quantitative estimate of drug-likeness (QED) is 0.758. The van der Waals surface area contributed by atoms with E-state index < -0.39 is 0 Å². The van der Waals surface area contributed by atoms with Crippen molar-refractivity contribution >= 4 is 23.2 Å². The lowest BCUT2D eigenvalue weighted by Crippen LogP contribution is -2.33. The van der Waals surface area contributed by atoms with Crippen molar-refractivity contribution in [2.24, 2.45) is 0 Å². The summed E-state index contributed by atoms with van der Waals surface area (Å²) in [6.45, 7) is 5.21. The van der Waals surface area contributed by atoms with Crippen LogP contribution >= 0.6 is 11.6 Å². The monoisotopic (exact) mass is 376 g/mol. The van der Waals surface area contributed by atoms with E-state index in [4.69, 9.17) is 21.1 Å². The van der Waals surface area contributed by atoms with Crippen molar-refractivity contribution in [2.75, 3.05) is 39.2 Å². The molecule has 0 spiro atoms. The number of anilines is 1. The smallest absolute Gasteiger partial charge is 0.238 e. The zero-order valence-corrected chi connectivity index (χ0v) is 16.4. The maximum Gasteiger partial charge on any atom is 0.238 e. The van der Waals surface area contributed by atoms with Crippen LogP contribution in [0.15, 0.2) is 36.4 Å². The van der Waals surface area contributed by atoms with E-state index in [0.717, 1.165) is 11.1 Å². The number of ether oxygens (including phenoxy) is 2. The normalized spacial score (nSPS) is 10.7. The van der Waals surface area contributed by atoms with Crippen LogP contribution in [0.3, 0.4) is 0 Å². The molecule has 0 aliphatic rings. The first-order chi connectivity index (χ1) is 12.4. The van der Waals surface area contributed by atoms with Crippen molar-refractivity contribution in [1.29, 1.82) is 0 Å². The summed E-state index contributed by atoms with van der Waals surface area (Å²) < 4.78 is 11.0. The third kappa shape index (κ3) is 5.64. The molecule has 2 rings (SSSR count). The van der Waals surface area contributed by atoms with Gasteiger partial charge in [-0.15, -0.1) is 0 Å². The van der Waals surface area contributed by atoms with Crippen LogP contribution in [0.4, 0.5) is 5.69 Å². The van der Waals surface area contributed by atoms with Crippen LogP contribution < -0.4 is 14.8 Å². The molecule has 2 aromatic rings. The lowest BCUT2D eigenvalue weighted by molar-refractivity contribution is -0.117. The summed E-state index contributed by atoms with van der Waals surface area (Å²) in [4.78, 5) is 14.2. The summed E-state index contributed by atoms with van der Waals surface area (Å²) in [7, 11) is 3.48. The van der Waals surface area contributed by atoms with Gasteiger partial charge in [0.25, 0.3) is 0 Å². The Kier molecular flexibility index (Phi) is 7.30. The first-order valence-electron chi connectivity index (χ1n) is 8.41. The average Bonchev–Trinajstić information content (AvgIpc) is 2.58. The zero-order valence-electron chi connectivity index (χ0n) is 15.6. The summed E-state index contributed by atoms with van der Waals surface area (Å²) in [6.07, 6.45) is 0. The standard InChI is InChI=1S/C20H25ClN2O3/c1-14-11-15(2)20(16(21)12-14)22-19(24)13-23(3)9-10-26-18-8-6-5-7-17(18)25-4/h5-8,11-12H,9-10,13H2,1-4H3,(H,22,24). The van der Waals surface area contributed by atoms with Crippen molar-refractivity contribution in [3.05, 3.63) is 52.5 Å². The number of hydrogen-bond donors (Lipinski definition) is 1. The van der Waals surface area contributed by atoms with E-state index in [1.165, 1.54) is 0 Å². The molecule has 0 unspecified atom stereocenters. The summed E-state index contributed by atoms with van der Waals surface area (Å²) in [5.74, 6) is 1.27. The number of rotatable bonds is 8. The van der Waals surface area contributed by atoms with Gasteiger partial charge in [-0.05, 0) is 50.2 Å². The number of carbonyl (C=O) groups excluding carboxylic acids is 1. The topological polar surface area (TPSA) is 50.8 Å². The van der Waals surface area contributed by atoms with E-state index >= 15 is 0 Å². The van der Waals surface area contributed by atoms with Gasteiger partial charge in [0.1, 0.15) is 6.61 Å². The summed E-state index contributed by atoms with van der Waals surface area (Å²) in [5, 5.41) is 3.44. The third-order valence-electron chi connectivity index (χ3n) is 3.91. The first kappa shape index (κ1) is 20.1. The van der Waals surface area contributed by atoms with Gasteiger partial charge < -0.3 is 14.8 Å². The van der Waals surface area contributed by atoms with Crippen molar-refractivity contribution in [3.8, 4) is 11.5 Å². The van der Waals surface area contributed by atoms with Gasteiger partial charge in [-0.1, -0.05) is 29.8 Å². The van der Waals surface area contributed by atoms with E-state index in [-0.39, 0.29) is 12.5 Å². The van der Waals surface area contributed by atoms with Crippen molar-refractivity contribution in [1.82, 2.24) is 4.90 Å². The van der Waals surface area contributed by atoms with Gasteiger partial charge >= 0.3 is 0 Å². The van der Waals surface area contributed by atoms with Gasteiger partial charge in [-0.25, -0.2) is 0 Å². The molecule has 0 saturated carbocycles. The van der Waals surface area contributed by atoms with E-state index in [1.807, 2.05) is 62.2 Å². The number of para-hydroxylation sites is 2.